The van der Waals surface area contributed by atoms with Crippen molar-refractivity contribution in [3.8, 4) is 0 Å². The fraction of sp³-hybridized carbons (Fsp3) is 0.550. The molecule has 3 aliphatic rings. The lowest BCUT2D eigenvalue weighted by Gasteiger charge is -2.37. The van der Waals surface area contributed by atoms with Gasteiger partial charge in [-0.05, 0) is 37.3 Å². The summed E-state index contributed by atoms with van der Waals surface area (Å²) in [5.74, 6) is -0.745. The first-order chi connectivity index (χ1) is 12.9. The van der Waals surface area contributed by atoms with E-state index >= 15 is 0 Å². The molecule has 0 aliphatic carbocycles. The van der Waals surface area contributed by atoms with Gasteiger partial charge in [-0.3, -0.25) is 24.6 Å². The Morgan fingerprint density at radius 2 is 2.00 bits per heavy atom. The molecule has 3 amide bonds. The normalized spacial score (nSPS) is 29.0. The van der Waals surface area contributed by atoms with Crippen molar-refractivity contribution in [1.82, 2.24) is 15.1 Å². The van der Waals surface area contributed by atoms with Gasteiger partial charge in [0.2, 0.25) is 11.8 Å². The Morgan fingerprint density at radius 3 is 2.78 bits per heavy atom. The minimum Gasteiger partial charge on any atom is -0.327 e. The van der Waals surface area contributed by atoms with Crippen LogP contribution in [0.25, 0.3) is 0 Å². The number of nitrogens with zero attached hydrogens (tertiary/aromatic N) is 2. The quantitative estimate of drug-likeness (QED) is 0.766. The van der Waals surface area contributed by atoms with Crippen LogP contribution in [0.5, 0.6) is 0 Å². The Kier molecular flexibility index (Phi) is 4.74. The third-order valence-electron chi connectivity index (χ3n) is 6.06. The summed E-state index contributed by atoms with van der Waals surface area (Å²) in [6.07, 6.45) is 2.75. The number of imide groups is 1. The molecule has 4 rings (SSSR count). The molecule has 0 aromatic heterocycles. The van der Waals surface area contributed by atoms with Gasteiger partial charge in [-0.25, -0.2) is 0 Å². The second-order valence-electron chi connectivity index (χ2n) is 7.97. The molecule has 144 valence electrons. The fourth-order valence-electron chi connectivity index (χ4n) is 4.47. The first-order valence-corrected chi connectivity index (χ1v) is 9.69. The van der Waals surface area contributed by atoms with Crippen molar-refractivity contribution in [1.29, 1.82) is 0 Å². The van der Waals surface area contributed by atoms with Crippen LogP contribution < -0.4 is 11.1 Å². The Labute approximate surface area is 158 Å². The molecule has 2 fully saturated rings. The van der Waals surface area contributed by atoms with Gasteiger partial charge < -0.3 is 10.6 Å². The number of fused-ring (bicyclic) bond motifs is 1. The van der Waals surface area contributed by atoms with Crippen molar-refractivity contribution >= 4 is 17.7 Å². The molecule has 0 spiro atoms. The molecule has 0 bridgehead atoms. The van der Waals surface area contributed by atoms with E-state index in [1.165, 1.54) is 0 Å². The minimum absolute atomic E-state index is 0.107. The summed E-state index contributed by atoms with van der Waals surface area (Å²) in [6.45, 7) is 4.14. The zero-order chi connectivity index (χ0) is 19.1. The monoisotopic (exact) mass is 370 g/mol. The molecule has 7 nitrogen and oxygen atoms in total. The Hall–Kier alpha value is -2.25. The number of carbonyl (C=O) groups excluding carboxylic acids is 3. The van der Waals surface area contributed by atoms with Crippen molar-refractivity contribution in [3.63, 3.8) is 0 Å². The highest BCUT2D eigenvalue weighted by atomic mass is 16.2. The van der Waals surface area contributed by atoms with Gasteiger partial charge >= 0.3 is 0 Å². The van der Waals surface area contributed by atoms with Crippen LogP contribution >= 0.6 is 0 Å². The summed E-state index contributed by atoms with van der Waals surface area (Å²) in [7, 11) is 0. The van der Waals surface area contributed by atoms with Crippen molar-refractivity contribution in [2.24, 2.45) is 5.73 Å². The lowest BCUT2D eigenvalue weighted by Crippen LogP contribution is -2.52. The number of benzene rings is 1. The fourth-order valence-corrected chi connectivity index (χ4v) is 4.47. The van der Waals surface area contributed by atoms with E-state index in [-0.39, 0.29) is 30.2 Å². The average Bonchev–Trinajstić information content (AvgIpc) is 2.96. The van der Waals surface area contributed by atoms with Crippen LogP contribution in [0, 0.1) is 0 Å². The van der Waals surface area contributed by atoms with Gasteiger partial charge in [-0.15, -0.1) is 0 Å². The second-order valence-corrected chi connectivity index (χ2v) is 7.97. The van der Waals surface area contributed by atoms with Crippen LogP contribution in [-0.2, 0) is 22.7 Å². The average molecular weight is 370 g/mol. The predicted molar refractivity (Wildman–Crippen MR) is 99.6 cm³/mol. The summed E-state index contributed by atoms with van der Waals surface area (Å²) in [5.41, 5.74) is 8.80. The molecule has 1 unspecified atom stereocenters. The van der Waals surface area contributed by atoms with Gasteiger partial charge in [0.25, 0.3) is 5.91 Å². The van der Waals surface area contributed by atoms with Gasteiger partial charge in [0.05, 0.1) is 0 Å². The molecule has 0 radical (unpaired) electrons. The molecule has 3 N–H and O–H groups in total. The minimum atomic E-state index is -0.571. The predicted octanol–water partition coefficient (Wildman–Crippen LogP) is 0.759. The van der Waals surface area contributed by atoms with Gasteiger partial charge in [-0.2, -0.15) is 0 Å². The van der Waals surface area contributed by atoms with Crippen LogP contribution in [-0.4, -0.2) is 52.2 Å². The summed E-state index contributed by atoms with van der Waals surface area (Å²) in [6, 6.07) is 5.96. The summed E-state index contributed by atoms with van der Waals surface area (Å²) < 4.78 is 0. The number of nitrogens with one attached hydrogen (secondary N) is 1. The largest absolute Gasteiger partial charge is 0.327 e. The highest BCUT2D eigenvalue weighted by Crippen LogP contribution is 2.31. The molecule has 3 atom stereocenters. The van der Waals surface area contributed by atoms with Crippen molar-refractivity contribution in [2.45, 2.75) is 63.8 Å². The Balaban J connectivity index is 1.56. The Morgan fingerprint density at radius 1 is 1.19 bits per heavy atom. The Bertz CT molecular complexity index is 793. The van der Waals surface area contributed by atoms with Crippen molar-refractivity contribution < 1.29 is 14.4 Å². The summed E-state index contributed by atoms with van der Waals surface area (Å²) >= 11 is 0. The standard InChI is InChI=1S/C20H26N4O3/c1-12-5-6-15(21)11-23(12)9-13-3-2-4-14-10-24(20(27)18(13)14)16-7-8-17(25)22-19(16)26/h2-4,12,15-16H,5-11,21H2,1H3,(H,22,25,26)/t12-,15-,16?/m1/s1. The third-order valence-corrected chi connectivity index (χ3v) is 6.06. The maximum atomic E-state index is 13.1. The summed E-state index contributed by atoms with van der Waals surface area (Å²) in [4.78, 5) is 40.7. The maximum Gasteiger partial charge on any atom is 0.255 e. The lowest BCUT2D eigenvalue weighted by atomic mass is 9.97. The number of hydrogen-bond donors (Lipinski definition) is 2. The molecule has 2 saturated heterocycles. The molecule has 1 aromatic rings. The SMILES string of the molecule is C[C@@H]1CC[C@@H](N)CN1Cc1cccc2c1C(=O)N(C1CCC(=O)NC1=O)C2. The highest BCUT2D eigenvalue weighted by molar-refractivity contribution is 6.05. The molecule has 3 aliphatic heterocycles. The maximum absolute atomic E-state index is 13.1. The molecule has 7 heteroatoms. The van der Waals surface area contributed by atoms with Gasteiger partial charge in [-0.1, -0.05) is 18.2 Å². The van der Waals surface area contributed by atoms with Crippen molar-refractivity contribution in [3.05, 3.63) is 34.9 Å². The van der Waals surface area contributed by atoms with E-state index in [2.05, 4.69) is 17.1 Å². The number of carbonyl (C=O) groups is 3. The van der Waals surface area contributed by atoms with Crippen LogP contribution in [0.4, 0.5) is 0 Å². The number of rotatable bonds is 3. The highest BCUT2D eigenvalue weighted by Gasteiger charge is 2.40. The molecule has 3 heterocycles. The van der Waals surface area contributed by atoms with Gasteiger partial charge in [0.1, 0.15) is 6.04 Å². The van der Waals surface area contributed by atoms with Crippen LogP contribution in [0.2, 0.25) is 0 Å². The van der Waals surface area contributed by atoms with Crippen molar-refractivity contribution in [2.75, 3.05) is 6.54 Å². The smallest absolute Gasteiger partial charge is 0.255 e. The van der Waals surface area contributed by atoms with E-state index in [4.69, 9.17) is 5.73 Å². The number of likely N-dealkylation sites (tertiary alicyclic amines) is 1. The van der Waals surface area contributed by atoms with Crippen LogP contribution in [0.15, 0.2) is 18.2 Å². The van der Waals surface area contributed by atoms with Gasteiger partial charge in [0, 0.05) is 43.7 Å². The van der Waals surface area contributed by atoms with E-state index in [0.29, 0.717) is 31.1 Å². The zero-order valence-corrected chi connectivity index (χ0v) is 15.6. The topological polar surface area (TPSA) is 95.7 Å². The molecule has 0 saturated carbocycles. The first-order valence-electron chi connectivity index (χ1n) is 9.69. The number of amides is 3. The van der Waals surface area contributed by atoms with Gasteiger partial charge in [0.15, 0.2) is 0 Å². The number of nitrogens with two attached hydrogens (primary N) is 1. The molecule has 27 heavy (non-hydrogen) atoms. The van der Waals surface area contributed by atoms with E-state index in [9.17, 15) is 14.4 Å². The summed E-state index contributed by atoms with van der Waals surface area (Å²) in [5, 5.41) is 2.35. The molecular formula is C20H26N4O3. The molecule has 1 aromatic carbocycles. The first kappa shape index (κ1) is 18.1. The molecular weight excluding hydrogens is 344 g/mol. The van der Waals surface area contributed by atoms with E-state index in [0.717, 1.165) is 30.5 Å². The second kappa shape index (κ2) is 7.05. The van der Waals surface area contributed by atoms with E-state index in [1.54, 1.807) is 4.90 Å². The number of hydrogen-bond acceptors (Lipinski definition) is 5. The third kappa shape index (κ3) is 3.37. The zero-order valence-electron chi connectivity index (χ0n) is 15.6. The lowest BCUT2D eigenvalue weighted by molar-refractivity contribution is -0.136. The van der Waals surface area contributed by atoms with E-state index < -0.39 is 6.04 Å². The van der Waals surface area contributed by atoms with Crippen LogP contribution in [0.1, 0.15) is 54.1 Å². The van der Waals surface area contributed by atoms with E-state index in [1.807, 2.05) is 18.2 Å². The van der Waals surface area contributed by atoms with Crippen LogP contribution in [0.3, 0.4) is 0 Å². The number of piperidine rings is 2.